The summed E-state index contributed by atoms with van der Waals surface area (Å²) in [6, 6.07) is 8.71. The van der Waals surface area contributed by atoms with Gasteiger partial charge in [0.25, 0.3) is 0 Å². The number of nitro groups is 1. The number of anilines is 2. The van der Waals surface area contributed by atoms with Gasteiger partial charge in [0, 0.05) is 12.7 Å². The van der Waals surface area contributed by atoms with E-state index >= 15 is 0 Å². The Morgan fingerprint density at radius 1 is 1.20 bits per heavy atom. The fourth-order valence-electron chi connectivity index (χ4n) is 1.83. The van der Waals surface area contributed by atoms with Gasteiger partial charge in [-0.05, 0) is 31.2 Å². The number of para-hydroxylation sites is 1. The van der Waals surface area contributed by atoms with Crippen LogP contribution in [0, 0.1) is 10.1 Å². The van der Waals surface area contributed by atoms with Crippen LogP contribution in [-0.2, 0) is 6.54 Å². The summed E-state index contributed by atoms with van der Waals surface area (Å²) in [7, 11) is 0. The van der Waals surface area contributed by atoms with Crippen molar-refractivity contribution in [3.63, 3.8) is 0 Å². The van der Waals surface area contributed by atoms with Crippen LogP contribution < -0.4 is 10.6 Å². The maximum atomic E-state index is 11.2. The van der Waals surface area contributed by atoms with E-state index in [1.165, 1.54) is 0 Å². The van der Waals surface area contributed by atoms with Crippen molar-refractivity contribution in [3.05, 3.63) is 52.3 Å². The van der Waals surface area contributed by atoms with E-state index in [2.05, 4.69) is 20.8 Å². The van der Waals surface area contributed by atoms with E-state index in [-0.39, 0.29) is 5.69 Å². The molecule has 7 heteroatoms. The quantitative estimate of drug-likeness (QED) is 0.620. The Hall–Kier alpha value is -2.70. The molecule has 2 rings (SSSR count). The first kappa shape index (κ1) is 13.7. The normalized spacial score (nSPS) is 10.1. The van der Waals surface area contributed by atoms with Gasteiger partial charge in [0.1, 0.15) is 11.4 Å². The molecule has 0 unspecified atom stereocenters. The molecule has 0 bridgehead atoms. The van der Waals surface area contributed by atoms with Gasteiger partial charge in [0.2, 0.25) is 0 Å². The fraction of sp³-hybridized carbons (Fsp3) is 0.231. The minimum absolute atomic E-state index is 0.0400. The molecule has 1 aromatic carbocycles. The Labute approximate surface area is 116 Å². The molecule has 0 aliphatic carbocycles. The summed E-state index contributed by atoms with van der Waals surface area (Å²) in [6.45, 7) is 2.89. The number of rotatable bonds is 6. The van der Waals surface area contributed by atoms with Gasteiger partial charge in [-0.1, -0.05) is 6.07 Å². The largest absolute Gasteiger partial charge is 0.380 e. The van der Waals surface area contributed by atoms with E-state index < -0.39 is 4.92 Å². The zero-order chi connectivity index (χ0) is 14.4. The zero-order valence-corrected chi connectivity index (χ0v) is 11.0. The fourth-order valence-corrected chi connectivity index (χ4v) is 1.83. The summed E-state index contributed by atoms with van der Waals surface area (Å²) in [5, 5.41) is 24.9. The van der Waals surface area contributed by atoms with Crippen molar-refractivity contribution in [1.82, 2.24) is 10.2 Å². The number of nitrogens with one attached hydrogen (secondary N) is 2. The van der Waals surface area contributed by atoms with Crippen LogP contribution in [0.25, 0.3) is 0 Å². The van der Waals surface area contributed by atoms with E-state index in [9.17, 15) is 10.1 Å². The minimum Gasteiger partial charge on any atom is -0.380 e. The molecule has 2 N–H and O–H groups in total. The van der Waals surface area contributed by atoms with Crippen molar-refractivity contribution < 1.29 is 4.92 Å². The van der Waals surface area contributed by atoms with E-state index in [0.29, 0.717) is 24.5 Å². The van der Waals surface area contributed by atoms with Gasteiger partial charge in [0.15, 0.2) is 0 Å². The highest BCUT2D eigenvalue weighted by Crippen LogP contribution is 2.32. The summed E-state index contributed by atoms with van der Waals surface area (Å²) < 4.78 is 0. The molecule has 0 saturated carbocycles. The monoisotopic (exact) mass is 273 g/mol. The molecule has 0 atom stereocenters. The van der Waals surface area contributed by atoms with Gasteiger partial charge in [0.05, 0.1) is 17.2 Å². The number of nitrogens with zero attached hydrogens (tertiary/aromatic N) is 3. The van der Waals surface area contributed by atoms with Crippen LogP contribution in [0.2, 0.25) is 0 Å². The molecule has 7 nitrogen and oxygen atoms in total. The Bertz CT molecular complexity index is 589. The van der Waals surface area contributed by atoms with Crippen molar-refractivity contribution in [3.8, 4) is 0 Å². The lowest BCUT2D eigenvalue weighted by Gasteiger charge is -2.10. The number of nitro benzene ring substituents is 1. The molecule has 20 heavy (non-hydrogen) atoms. The average Bonchev–Trinajstić information content (AvgIpc) is 2.46. The van der Waals surface area contributed by atoms with Gasteiger partial charge in [-0.15, -0.1) is 0 Å². The lowest BCUT2D eigenvalue weighted by atomic mass is 10.2. The summed E-state index contributed by atoms with van der Waals surface area (Å²) in [4.78, 5) is 10.8. The maximum absolute atomic E-state index is 11.2. The molecular weight excluding hydrogens is 258 g/mol. The van der Waals surface area contributed by atoms with Crippen LogP contribution in [0.1, 0.15) is 12.6 Å². The standard InChI is InChI=1S/C13H15N5O2/c1-2-14-11-6-3-7-12(13(11)18(19)20)15-9-10-5-4-8-16-17-10/h3-8,14-15H,2,9H2,1H3. The van der Waals surface area contributed by atoms with E-state index in [4.69, 9.17) is 0 Å². The predicted molar refractivity (Wildman–Crippen MR) is 76.6 cm³/mol. The molecular formula is C13H15N5O2. The second-order valence-corrected chi connectivity index (χ2v) is 4.06. The lowest BCUT2D eigenvalue weighted by Crippen LogP contribution is -2.07. The molecule has 0 saturated heterocycles. The molecule has 0 aliphatic rings. The van der Waals surface area contributed by atoms with E-state index in [1.54, 1.807) is 36.5 Å². The van der Waals surface area contributed by atoms with Crippen molar-refractivity contribution in [2.24, 2.45) is 0 Å². The van der Waals surface area contributed by atoms with Crippen LogP contribution >= 0.6 is 0 Å². The second kappa shape index (κ2) is 6.46. The second-order valence-electron chi connectivity index (χ2n) is 4.06. The molecule has 0 fully saturated rings. The molecule has 2 aromatic rings. The number of hydrogen-bond acceptors (Lipinski definition) is 6. The predicted octanol–water partition coefficient (Wildman–Crippen LogP) is 2.43. The highest BCUT2D eigenvalue weighted by Gasteiger charge is 2.18. The Kier molecular flexibility index (Phi) is 4.43. The maximum Gasteiger partial charge on any atom is 0.315 e. The van der Waals surface area contributed by atoms with Crippen LogP contribution in [0.5, 0.6) is 0 Å². The van der Waals surface area contributed by atoms with Crippen molar-refractivity contribution >= 4 is 17.1 Å². The molecule has 0 amide bonds. The first-order chi connectivity index (χ1) is 9.72. The van der Waals surface area contributed by atoms with Crippen molar-refractivity contribution in [2.75, 3.05) is 17.2 Å². The number of benzene rings is 1. The number of hydrogen-bond donors (Lipinski definition) is 2. The summed E-state index contributed by atoms with van der Waals surface area (Å²) >= 11 is 0. The summed E-state index contributed by atoms with van der Waals surface area (Å²) in [5.41, 5.74) is 1.72. The third-order valence-electron chi connectivity index (χ3n) is 2.67. The first-order valence-electron chi connectivity index (χ1n) is 6.24. The minimum atomic E-state index is -0.392. The lowest BCUT2D eigenvalue weighted by molar-refractivity contribution is -0.383. The molecule has 1 heterocycles. The average molecular weight is 273 g/mol. The highest BCUT2D eigenvalue weighted by atomic mass is 16.6. The van der Waals surface area contributed by atoms with Gasteiger partial charge in [-0.25, -0.2) is 0 Å². The van der Waals surface area contributed by atoms with Crippen LogP contribution in [0.4, 0.5) is 17.1 Å². The Morgan fingerprint density at radius 2 is 1.95 bits per heavy atom. The smallest absolute Gasteiger partial charge is 0.315 e. The molecule has 0 aliphatic heterocycles. The molecule has 0 radical (unpaired) electrons. The van der Waals surface area contributed by atoms with Crippen LogP contribution in [-0.4, -0.2) is 21.7 Å². The summed E-state index contributed by atoms with van der Waals surface area (Å²) in [5.74, 6) is 0. The molecule has 0 spiro atoms. The van der Waals surface area contributed by atoms with Crippen LogP contribution in [0.3, 0.4) is 0 Å². The van der Waals surface area contributed by atoms with E-state index in [1.807, 2.05) is 6.92 Å². The Morgan fingerprint density at radius 3 is 2.55 bits per heavy atom. The third-order valence-corrected chi connectivity index (χ3v) is 2.67. The number of aromatic nitrogens is 2. The van der Waals surface area contributed by atoms with Gasteiger partial charge >= 0.3 is 5.69 Å². The highest BCUT2D eigenvalue weighted by molar-refractivity contribution is 5.76. The van der Waals surface area contributed by atoms with E-state index in [0.717, 1.165) is 5.69 Å². The topological polar surface area (TPSA) is 93.0 Å². The van der Waals surface area contributed by atoms with Crippen LogP contribution in [0.15, 0.2) is 36.5 Å². The third kappa shape index (κ3) is 3.19. The van der Waals surface area contributed by atoms with Gasteiger partial charge < -0.3 is 10.6 Å². The van der Waals surface area contributed by atoms with Gasteiger partial charge in [-0.3, -0.25) is 10.1 Å². The van der Waals surface area contributed by atoms with Gasteiger partial charge in [-0.2, -0.15) is 10.2 Å². The van der Waals surface area contributed by atoms with Crippen molar-refractivity contribution in [2.45, 2.75) is 13.5 Å². The Balaban J connectivity index is 2.22. The van der Waals surface area contributed by atoms with Crippen molar-refractivity contribution in [1.29, 1.82) is 0 Å². The first-order valence-corrected chi connectivity index (χ1v) is 6.24. The molecule has 1 aromatic heterocycles. The SMILES string of the molecule is CCNc1cccc(NCc2cccnn2)c1[N+](=O)[O-]. The molecule has 104 valence electrons. The summed E-state index contributed by atoms with van der Waals surface area (Å²) in [6.07, 6.45) is 1.58. The zero-order valence-electron chi connectivity index (χ0n) is 11.0.